The van der Waals surface area contributed by atoms with E-state index in [1.807, 2.05) is 12.1 Å². The highest BCUT2D eigenvalue weighted by Crippen LogP contribution is 2.35. The van der Waals surface area contributed by atoms with E-state index in [1.54, 1.807) is 30.7 Å². The number of hydrogen-bond acceptors (Lipinski definition) is 9. The molecule has 3 aromatic heterocycles. The molecule has 36 heavy (non-hydrogen) atoms. The number of halogens is 1. The Bertz CT molecular complexity index is 1500. The van der Waals surface area contributed by atoms with Crippen molar-refractivity contribution in [2.24, 2.45) is 0 Å². The molecular weight excluding hydrogens is 505 g/mol. The zero-order chi connectivity index (χ0) is 25.2. The first-order valence-electron chi connectivity index (χ1n) is 11.2. The fourth-order valence-electron chi connectivity index (χ4n) is 4.00. The van der Waals surface area contributed by atoms with E-state index in [-0.39, 0.29) is 37.9 Å². The summed E-state index contributed by atoms with van der Waals surface area (Å²) in [5.41, 5.74) is 2.24. The molecule has 5 rings (SSSR count). The summed E-state index contributed by atoms with van der Waals surface area (Å²) in [6, 6.07) is 8.29. The lowest BCUT2D eigenvalue weighted by Crippen LogP contribution is -2.24. The number of hydrogen-bond donors (Lipinski definition) is 0. The van der Waals surface area contributed by atoms with E-state index in [1.165, 1.54) is 23.9 Å². The van der Waals surface area contributed by atoms with Crippen LogP contribution in [0.4, 0.5) is 4.39 Å². The molecule has 1 aromatic carbocycles. The number of benzene rings is 1. The summed E-state index contributed by atoms with van der Waals surface area (Å²) in [4.78, 5) is 36.1. The first-order chi connectivity index (χ1) is 17.5. The van der Waals surface area contributed by atoms with E-state index < -0.39 is 5.97 Å². The number of ether oxygens (including phenoxy) is 3. The Morgan fingerprint density at radius 2 is 2.19 bits per heavy atom. The molecule has 186 valence electrons. The predicted octanol–water partition coefficient (Wildman–Crippen LogP) is 4.68. The quantitative estimate of drug-likeness (QED) is 0.194. The number of pyridine rings is 1. The number of thiophene rings is 1. The molecule has 1 aliphatic rings. The Morgan fingerprint density at radius 1 is 1.33 bits per heavy atom. The third-order valence-corrected chi connectivity index (χ3v) is 7.82. The summed E-state index contributed by atoms with van der Waals surface area (Å²) >= 11 is 2.42. The van der Waals surface area contributed by atoms with E-state index in [0.29, 0.717) is 54.1 Å². The Morgan fingerprint density at radius 3 is 2.97 bits per heavy atom. The lowest BCUT2D eigenvalue weighted by molar-refractivity contribution is -0.0171. The Balaban J connectivity index is 1.59. The van der Waals surface area contributed by atoms with Crippen LogP contribution in [-0.4, -0.2) is 33.9 Å². The molecule has 0 fully saturated rings. The molecule has 8 nitrogen and oxygen atoms in total. The maximum absolute atomic E-state index is 14.3. The first kappa shape index (κ1) is 24.4. The SMILES string of the molecule is CCOC(=O)c1sc2nc(SCc3cc(F)cc4c3OCOC4)n(Cc3ccccn3)c(=O)c2c1C. The summed E-state index contributed by atoms with van der Waals surface area (Å²) in [5, 5.41) is 0.812. The summed E-state index contributed by atoms with van der Waals surface area (Å²) in [5.74, 6) is 0.0377. The molecule has 0 bridgehead atoms. The Labute approximate surface area is 214 Å². The topological polar surface area (TPSA) is 92.5 Å². The van der Waals surface area contributed by atoms with Gasteiger partial charge in [-0.05, 0) is 43.7 Å². The standard InChI is InChI=1S/C25H22FN3O5S2/c1-3-33-24(31)21-14(2)19-22(36-21)28-25(29(23(19)30)10-18-6-4-5-7-27-18)35-12-16-9-17(26)8-15-11-32-13-34-20(15)16/h4-9H,3,10-13H2,1-2H3. The maximum atomic E-state index is 14.3. The highest BCUT2D eigenvalue weighted by molar-refractivity contribution is 7.98. The maximum Gasteiger partial charge on any atom is 0.348 e. The fourth-order valence-corrected chi connectivity index (χ4v) is 6.08. The minimum Gasteiger partial charge on any atom is -0.467 e. The van der Waals surface area contributed by atoms with Gasteiger partial charge in [0.05, 0.1) is 30.8 Å². The van der Waals surface area contributed by atoms with Crippen LogP contribution >= 0.6 is 23.1 Å². The van der Waals surface area contributed by atoms with Crippen LogP contribution in [0.25, 0.3) is 10.2 Å². The summed E-state index contributed by atoms with van der Waals surface area (Å²) in [6.07, 6.45) is 1.66. The van der Waals surface area contributed by atoms with Crippen molar-refractivity contribution in [2.45, 2.75) is 37.9 Å². The van der Waals surface area contributed by atoms with Crippen LogP contribution in [0.15, 0.2) is 46.5 Å². The van der Waals surface area contributed by atoms with E-state index in [4.69, 9.17) is 19.2 Å². The van der Waals surface area contributed by atoms with Gasteiger partial charge in [0.2, 0.25) is 0 Å². The number of rotatable bonds is 7. The highest BCUT2D eigenvalue weighted by Gasteiger charge is 2.24. The molecule has 0 atom stereocenters. The number of thioether (sulfide) groups is 1. The van der Waals surface area contributed by atoms with Crippen molar-refractivity contribution in [3.8, 4) is 5.75 Å². The highest BCUT2D eigenvalue weighted by atomic mass is 32.2. The molecule has 0 spiro atoms. The molecular formula is C25H22FN3O5S2. The van der Waals surface area contributed by atoms with Gasteiger partial charge < -0.3 is 14.2 Å². The van der Waals surface area contributed by atoms with E-state index in [2.05, 4.69) is 4.98 Å². The van der Waals surface area contributed by atoms with Crippen LogP contribution in [0, 0.1) is 12.7 Å². The van der Waals surface area contributed by atoms with Crippen molar-refractivity contribution in [1.29, 1.82) is 0 Å². The fraction of sp³-hybridized carbons (Fsp3) is 0.280. The van der Waals surface area contributed by atoms with Crippen molar-refractivity contribution in [2.75, 3.05) is 13.4 Å². The van der Waals surface area contributed by atoms with E-state index in [0.717, 1.165) is 11.3 Å². The largest absolute Gasteiger partial charge is 0.467 e. The molecule has 0 saturated heterocycles. The average Bonchev–Trinajstić information content (AvgIpc) is 3.21. The monoisotopic (exact) mass is 527 g/mol. The zero-order valence-corrected chi connectivity index (χ0v) is 21.2. The van der Waals surface area contributed by atoms with Crippen molar-refractivity contribution >= 4 is 39.3 Å². The van der Waals surface area contributed by atoms with E-state index in [9.17, 15) is 14.0 Å². The molecule has 0 saturated carbocycles. The smallest absolute Gasteiger partial charge is 0.348 e. The van der Waals surface area contributed by atoms with Gasteiger partial charge in [0.15, 0.2) is 11.9 Å². The number of nitrogens with zero attached hydrogens (tertiary/aromatic N) is 3. The van der Waals surface area contributed by atoms with Crippen LogP contribution in [0.1, 0.15) is 39.0 Å². The third-order valence-electron chi connectivity index (χ3n) is 5.63. The number of aromatic nitrogens is 3. The number of carbonyl (C=O) groups excluding carboxylic acids is 1. The molecule has 0 aliphatic carbocycles. The lowest BCUT2D eigenvalue weighted by Gasteiger charge is -2.21. The first-order valence-corrected chi connectivity index (χ1v) is 13.0. The normalized spacial score (nSPS) is 12.9. The van der Waals surface area contributed by atoms with Gasteiger partial charge in [0.1, 0.15) is 21.3 Å². The Hall–Kier alpha value is -3.28. The zero-order valence-electron chi connectivity index (χ0n) is 19.6. The molecule has 11 heteroatoms. The van der Waals surface area contributed by atoms with Gasteiger partial charge >= 0.3 is 5.97 Å². The van der Waals surface area contributed by atoms with Gasteiger partial charge in [-0.1, -0.05) is 17.8 Å². The number of fused-ring (bicyclic) bond motifs is 2. The van der Waals surface area contributed by atoms with Gasteiger partial charge in [-0.3, -0.25) is 14.3 Å². The third kappa shape index (κ3) is 4.73. The number of aryl methyl sites for hydroxylation is 1. The van der Waals surface area contributed by atoms with Crippen molar-refractivity contribution in [3.05, 3.63) is 80.0 Å². The number of esters is 1. The minimum absolute atomic E-state index is 0.0933. The second-order valence-corrected chi connectivity index (χ2v) is 9.96. The summed E-state index contributed by atoms with van der Waals surface area (Å²) in [6.45, 7) is 4.25. The van der Waals surface area contributed by atoms with Crippen molar-refractivity contribution in [1.82, 2.24) is 14.5 Å². The molecule has 0 N–H and O–H groups in total. The second kappa shape index (κ2) is 10.4. The van der Waals surface area contributed by atoms with Crippen LogP contribution in [0.5, 0.6) is 5.75 Å². The van der Waals surface area contributed by atoms with Crippen LogP contribution in [0.2, 0.25) is 0 Å². The van der Waals surface area contributed by atoms with Crippen LogP contribution in [0.3, 0.4) is 0 Å². The van der Waals surface area contributed by atoms with E-state index >= 15 is 0 Å². The minimum atomic E-state index is -0.478. The predicted molar refractivity (Wildman–Crippen MR) is 134 cm³/mol. The van der Waals surface area contributed by atoms with Gasteiger partial charge in [-0.15, -0.1) is 11.3 Å². The van der Waals surface area contributed by atoms with Gasteiger partial charge in [0.25, 0.3) is 5.56 Å². The summed E-state index contributed by atoms with van der Waals surface area (Å²) in [7, 11) is 0. The molecule has 4 aromatic rings. The number of carbonyl (C=O) groups is 1. The molecule has 4 heterocycles. The molecule has 0 unspecified atom stereocenters. The lowest BCUT2D eigenvalue weighted by atomic mass is 10.1. The second-order valence-electron chi connectivity index (χ2n) is 8.02. The van der Waals surface area contributed by atoms with Gasteiger partial charge in [-0.2, -0.15) is 0 Å². The molecule has 0 amide bonds. The van der Waals surface area contributed by atoms with Crippen molar-refractivity contribution < 1.29 is 23.4 Å². The van der Waals surface area contributed by atoms with Crippen LogP contribution in [-0.2, 0) is 28.4 Å². The average molecular weight is 528 g/mol. The van der Waals surface area contributed by atoms with Crippen LogP contribution < -0.4 is 10.3 Å². The molecule has 0 radical (unpaired) electrons. The van der Waals surface area contributed by atoms with Crippen molar-refractivity contribution in [3.63, 3.8) is 0 Å². The Kier molecular flexibility index (Phi) is 7.04. The van der Waals surface area contributed by atoms with Gasteiger partial charge in [-0.25, -0.2) is 14.2 Å². The van der Waals surface area contributed by atoms with Gasteiger partial charge in [0, 0.05) is 23.1 Å². The molecule has 1 aliphatic heterocycles. The summed E-state index contributed by atoms with van der Waals surface area (Å²) < 4.78 is 31.9.